The molecule has 0 amide bonds. The summed E-state index contributed by atoms with van der Waals surface area (Å²) in [5.41, 5.74) is 0. The van der Waals surface area contributed by atoms with E-state index >= 15 is 0 Å². The minimum Gasteiger partial charge on any atom is -0.423 e. The molecule has 0 spiro atoms. The number of thiocarbonyl (C=S) groups is 1. The second-order valence-corrected chi connectivity index (χ2v) is 3.19. The highest BCUT2D eigenvalue weighted by atomic mass is 32.1. The third-order valence-electron chi connectivity index (χ3n) is 1.49. The molecule has 1 aromatic rings. The lowest BCUT2D eigenvalue weighted by Crippen LogP contribution is -2.25. The fourth-order valence-corrected chi connectivity index (χ4v) is 0.874. The van der Waals surface area contributed by atoms with Crippen LogP contribution in [0.3, 0.4) is 0 Å². The van der Waals surface area contributed by atoms with E-state index in [4.69, 9.17) is 17.0 Å². The van der Waals surface area contributed by atoms with Gasteiger partial charge in [0.05, 0.1) is 0 Å². The average molecular weight is 227 g/mol. The molecule has 80 valence electrons. The van der Waals surface area contributed by atoms with Gasteiger partial charge < -0.3 is 19.8 Å². The smallest absolute Gasteiger partial charge is 0.406 e. The van der Waals surface area contributed by atoms with Crippen LogP contribution in [-0.2, 0) is 0 Å². The Labute approximate surface area is 91.6 Å². The first-order chi connectivity index (χ1) is 7.02. The van der Waals surface area contributed by atoms with Gasteiger partial charge in [-0.15, -0.1) is 0 Å². The van der Waals surface area contributed by atoms with Crippen LogP contribution in [0, 0.1) is 10.1 Å². The molecule has 0 radical (unpaired) electrons. The number of ether oxygens (including phenoxy) is 1. The first-order valence-electron chi connectivity index (χ1n) is 4.01. The van der Waals surface area contributed by atoms with Crippen LogP contribution < -0.4 is 4.74 Å². The van der Waals surface area contributed by atoms with E-state index in [0.717, 1.165) is 0 Å². The van der Waals surface area contributed by atoms with Gasteiger partial charge in [-0.2, -0.15) is 0 Å². The van der Waals surface area contributed by atoms with E-state index < -0.39 is 4.92 Å². The molecule has 0 saturated heterocycles. The normalized spacial score (nSPS) is 9.47. The fourth-order valence-electron chi connectivity index (χ4n) is 0.784. The minimum absolute atomic E-state index is 0.0428. The molecule has 0 bridgehead atoms. The second kappa shape index (κ2) is 4.65. The average Bonchev–Trinajstić information content (AvgIpc) is 2.18. The van der Waals surface area contributed by atoms with E-state index in [1.807, 2.05) is 0 Å². The Balaban J connectivity index is 2.94. The molecule has 15 heavy (non-hydrogen) atoms. The molecule has 1 rings (SSSR count). The summed E-state index contributed by atoms with van der Waals surface area (Å²) in [5.74, 6) is -0.303. The number of pyridine rings is 1. The van der Waals surface area contributed by atoms with Crippen molar-refractivity contribution in [3.63, 3.8) is 0 Å². The summed E-state index contributed by atoms with van der Waals surface area (Å²) in [6.45, 7) is 0. The Kier molecular flexibility index (Phi) is 3.51. The van der Waals surface area contributed by atoms with Gasteiger partial charge in [-0.3, -0.25) is 0 Å². The Morgan fingerprint density at radius 3 is 2.87 bits per heavy atom. The van der Waals surface area contributed by atoms with Gasteiger partial charge in [-0.05, 0) is 34.3 Å². The van der Waals surface area contributed by atoms with Crippen molar-refractivity contribution in [3.8, 4) is 5.75 Å². The van der Waals surface area contributed by atoms with E-state index in [0.29, 0.717) is 0 Å². The van der Waals surface area contributed by atoms with Gasteiger partial charge in [-0.25, -0.2) is 0 Å². The van der Waals surface area contributed by atoms with E-state index in [9.17, 15) is 10.1 Å². The van der Waals surface area contributed by atoms with Crippen molar-refractivity contribution in [1.82, 2.24) is 9.88 Å². The molecule has 0 unspecified atom stereocenters. The van der Waals surface area contributed by atoms with Gasteiger partial charge in [0, 0.05) is 14.1 Å². The molecule has 0 aliphatic rings. The van der Waals surface area contributed by atoms with Gasteiger partial charge >= 0.3 is 5.82 Å². The first kappa shape index (κ1) is 11.3. The van der Waals surface area contributed by atoms with E-state index in [-0.39, 0.29) is 16.7 Å². The maximum Gasteiger partial charge on any atom is 0.406 e. The predicted molar refractivity (Wildman–Crippen MR) is 57.8 cm³/mol. The highest BCUT2D eigenvalue weighted by Gasteiger charge is 2.17. The molecule has 0 aliphatic carbocycles. The van der Waals surface area contributed by atoms with E-state index in [2.05, 4.69) is 4.98 Å². The standard InChI is InChI=1S/C8H9N3O3S/c1-10(2)8(15)14-6-4-3-5-9-7(6)11(12)13/h3-5H,1-2H3. The summed E-state index contributed by atoms with van der Waals surface area (Å²) in [6.07, 6.45) is 1.32. The molecule has 0 fully saturated rings. The van der Waals surface area contributed by atoms with Crippen molar-refractivity contribution < 1.29 is 9.66 Å². The summed E-state index contributed by atoms with van der Waals surface area (Å²) in [6, 6.07) is 2.99. The van der Waals surface area contributed by atoms with Gasteiger partial charge in [0.2, 0.25) is 5.75 Å². The van der Waals surface area contributed by atoms with Crippen molar-refractivity contribution in [1.29, 1.82) is 0 Å². The number of rotatable bonds is 2. The van der Waals surface area contributed by atoms with Crippen LogP contribution in [0.1, 0.15) is 0 Å². The molecule has 1 heterocycles. The van der Waals surface area contributed by atoms with Gasteiger partial charge in [0.25, 0.3) is 5.17 Å². The number of hydrogen-bond acceptors (Lipinski definition) is 5. The second-order valence-electron chi connectivity index (χ2n) is 2.84. The zero-order valence-electron chi connectivity index (χ0n) is 8.21. The largest absolute Gasteiger partial charge is 0.423 e. The topological polar surface area (TPSA) is 68.5 Å². The molecule has 7 heteroatoms. The monoisotopic (exact) mass is 227 g/mol. The molecular weight excluding hydrogens is 218 g/mol. The predicted octanol–water partition coefficient (Wildman–Crippen LogP) is 1.22. The van der Waals surface area contributed by atoms with E-state index in [1.54, 1.807) is 20.2 Å². The number of hydrogen-bond donors (Lipinski definition) is 0. The molecule has 0 saturated carbocycles. The van der Waals surface area contributed by atoms with Gasteiger partial charge in [0.15, 0.2) is 0 Å². The van der Waals surface area contributed by atoms with Crippen molar-refractivity contribution in [2.75, 3.05) is 14.1 Å². The van der Waals surface area contributed by atoms with Crippen molar-refractivity contribution in [3.05, 3.63) is 28.4 Å². The lowest BCUT2D eigenvalue weighted by Gasteiger charge is -2.13. The first-order valence-corrected chi connectivity index (χ1v) is 4.41. The third kappa shape index (κ3) is 2.84. The van der Waals surface area contributed by atoms with Crippen molar-refractivity contribution >= 4 is 23.2 Å². The molecule has 0 aliphatic heterocycles. The third-order valence-corrected chi connectivity index (χ3v) is 1.93. The number of nitro groups is 1. The molecule has 0 atom stereocenters. The highest BCUT2D eigenvalue weighted by molar-refractivity contribution is 7.80. The lowest BCUT2D eigenvalue weighted by molar-refractivity contribution is -0.390. The highest BCUT2D eigenvalue weighted by Crippen LogP contribution is 2.23. The molecule has 0 N–H and O–H groups in total. The van der Waals surface area contributed by atoms with Crippen LogP contribution in [0.5, 0.6) is 5.75 Å². The Morgan fingerprint density at radius 1 is 1.67 bits per heavy atom. The number of aromatic nitrogens is 1. The quantitative estimate of drug-likeness (QED) is 0.430. The van der Waals surface area contributed by atoms with Crippen LogP contribution in [0.4, 0.5) is 5.82 Å². The summed E-state index contributed by atoms with van der Waals surface area (Å²) in [5, 5.41) is 10.7. The van der Waals surface area contributed by atoms with Gasteiger partial charge in [-0.1, -0.05) is 0 Å². The van der Waals surface area contributed by atoms with E-state index in [1.165, 1.54) is 17.2 Å². The minimum atomic E-state index is -0.617. The maximum atomic E-state index is 10.6. The maximum absolute atomic E-state index is 10.6. The van der Waals surface area contributed by atoms with Crippen LogP contribution in [0.15, 0.2) is 18.3 Å². The van der Waals surface area contributed by atoms with Crippen LogP contribution in [0.25, 0.3) is 0 Å². The van der Waals surface area contributed by atoms with Crippen LogP contribution in [0.2, 0.25) is 0 Å². The zero-order valence-corrected chi connectivity index (χ0v) is 9.02. The lowest BCUT2D eigenvalue weighted by atomic mass is 10.4. The summed E-state index contributed by atoms with van der Waals surface area (Å²) < 4.78 is 5.12. The van der Waals surface area contributed by atoms with Crippen molar-refractivity contribution in [2.24, 2.45) is 0 Å². The fraction of sp³-hybridized carbons (Fsp3) is 0.250. The number of nitrogens with zero attached hydrogens (tertiary/aromatic N) is 3. The van der Waals surface area contributed by atoms with Crippen LogP contribution >= 0.6 is 12.2 Å². The Hall–Kier alpha value is -1.76. The summed E-state index contributed by atoms with van der Waals surface area (Å²) in [7, 11) is 3.37. The van der Waals surface area contributed by atoms with Crippen molar-refractivity contribution in [2.45, 2.75) is 0 Å². The molecule has 6 nitrogen and oxygen atoms in total. The van der Waals surface area contributed by atoms with Crippen LogP contribution in [-0.4, -0.2) is 34.1 Å². The molecular formula is C8H9N3O3S. The molecule has 0 aromatic carbocycles. The summed E-state index contributed by atoms with van der Waals surface area (Å²) in [4.78, 5) is 15.1. The zero-order chi connectivity index (χ0) is 11.4. The Morgan fingerprint density at radius 2 is 2.33 bits per heavy atom. The SMILES string of the molecule is CN(C)C(=S)Oc1cccnc1[N+](=O)[O-]. The Bertz CT molecular complexity index is 394. The molecule has 1 aromatic heterocycles. The summed E-state index contributed by atoms with van der Waals surface area (Å²) >= 11 is 4.86. The van der Waals surface area contributed by atoms with Gasteiger partial charge in [0.1, 0.15) is 6.20 Å².